The van der Waals surface area contributed by atoms with Gasteiger partial charge < -0.3 is 15.2 Å². The van der Waals surface area contributed by atoms with Crippen molar-refractivity contribution in [1.82, 2.24) is 5.32 Å². The Kier molecular flexibility index (Phi) is 4.52. The standard InChI is InChI=1S/C13H19NO3/c1-13(2,3)11(15)12(16)14-9-17-10-7-5-4-6-8-10/h4-8,11,15H,9H2,1-3H3,(H,14,16). The normalized spacial score (nSPS) is 12.9. The van der Waals surface area contributed by atoms with Crippen LogP contribution in [0.1, 0.15) is 20.8 Å². The van der Waals surface area contributed by atoms with E-state index in [-0.39, 0.29) is 6.73 Å². The second-order valence-corrected chi connectivity index (χ2v) is 4.91. The number of hydrogen-bond donors (Lipinski definition) is 2. The van der Waals surface area contributed by atoms with Crippen LogP contribution in [-0.2, 0) is 4.79 Å². The van der Waals surface area contributed by atoms with Gasteiger partial charge in [-0.2, -0.15) is 0 Å². The molecule has 2 N–H and O–H groups in total. The van der Waals surface area contributed by atoms with Gasteiger partial charge in [0.15, 0.2) is 6.73 Å². The van der Waals surface area contributed by atoms with Crippen LogP contribution in [0.4, 0.5) is 0 Å². The Bertz CT molecular complexity index is 357. The minimum Gasteiger partial charge on any atom is -0.473 e. The minimum absolute atomic E-state index is 0.0516. The molecule has 1 aromatic carbocycles. The summed E-state index contributed by atoms with van der Waals surface area (Å²) in [6.45, 7) is 5.45. The van der Waals surface area contributed by atoms with Crippen LogP contribution in [-0.4, -0.2) is 23.8 Å². The number of para-hydroxylation sites is 1. The van der Waals surface area contributed by atoms with Crippen molar-refractivity contribution in [3.8, 4) is 5.75 Å². The van der Waals surface area contributed by atoms with Crippen molar-refractivity contribution in [3.05, 3.63) is 30.3 Å². The van der Waals surface area contributed by atoms with Crippen LogP contribution in [0.5, 0.6) is 5.75 Å². The Morgan fingerprint density at radius 3 is 2.47 bits per heavy atom. The van der Waals surface area contributed by atoms with Crippen molar-refractivity contribution in [2.45, 2.75) is 26.9 Å². The van der Waals surface area contributed by atoms with Gasteiger partial charge in [-0.15, -0.1) is 0 Å². The topological polar surface area (TPSA) is 58.6 Å². The second kappa shape index (κ2) is 5.68. The molecule has 0 fully saturated rings. The van der Waals surface area contributed by atoms with E-state index in [4.69, 9.17) is 4.74 Å². The smallest absolute Gasteiger partial charge is 0.251 e. The highest BCUT2D eigenvalue weighted by Crippen LogP contribution is 2.18. The summed E-state index contributed by atoms with van der Waals surface area (Å²) in [7, 11) is 0. The summed E-state index contributed by atoms with van der Waals surface area (Å²) in [5, 5.41) is 12.2. The third kappa shape index (κ3) is 4.44. The van der Waals surface area contributed by atoms with E-state index in [2.05, 4.69) is 5.32 Å². The lowest BCUT2D eigenvalue weighted by molar-refractivity contribution is -0.135. The van der Waals surface area contributed by atoms with E-state index in [9.17, 15) is 9.90 Å². The van der Waals surface area contributed by atoms with E-state index in [1.54, 1.807) is 32.9 Å². The van der Waals surface area contributed by atoms with Gasteiger partial charge in [-0.1, -0.05) is 39.0 Å². The van der Waals surface area contributed by atoms with Gasteiger partial charge in [0, 0.05) is 0 Å². The van der Waals surface area contributed by atoms with Crippen LogP contribution in [0, 0.1) is 5.41 Å². The molecule has 4 nitrogen and oxygen atoms in total. The second-order valence-electron chi connectivity index (χ2n) is 4.91. The van der Waals surface area contributed by atoms with Crippen LogP contribution >= 0.6 is 0 Å². The SMILES string of the molecule is CC(C)(C)C(O)C(=O)NCOc1ccccc1. The van der Waals surface area contributed by atoms with Crippen LogP contribution in [0.25, 0.3) is 0 Å². The maximum Gasteiger partial charge on any atom is 0.251 e. The van der Waals surface area contributed by atoms with Crippen molar-refractivity contribution < 1.29 is 14.6 Å². The molecule has 4 heteroatoms. The Balaban J connectivity index is 2.35. The van der Waals surface area contributed by atoms with E-state index in [0.29, 0.717) is 5.75 Å². The molecule has 1 unspecified atom stereocenters. The number of rotatable bonds is 4. The van der Waals surface area contributed by atoms with Gasteiger partial charge in [0.25, 0.3) is 5.91 Å². The highest BCUT2D eigenvalue weighted by molar-refractivity contribution is 5.81. The molecule has 0 saturated heterocycles. The number of aliphatic hydroxyl groups excluding tert-OH is 1. The molecule has 17 heavy (non-hydrogen) atoms. The highest BCUT2D eigenvalue weighted by Gasteiger charge is 2.28. The summed E-state index contributed by atoms with van der Waals surface area (Å²) in [6.07, 6.45) is -1.04. The van der Waals surface area contributed by atoms with Crippen LogP contribution in [0.15, 0.2) is 30.3 Å². The Morgan fingerprint density at radius 1 is 1.35 bits per heavy atom. The minimum atomic E-state index is -1.04. The van der Waals surface area contributed by atoms with Gasteiger partial charge in [-0.3, -0.25) is 4.79 Å². The zero-order valence-corrected chi connectivity index (χ0v) is 10.4. The largest absolute Gasteiger partial charge is 0.473 e. The number of hydrogen-bond acceptors (Lipinski definition) is 3. The molecule has 0 radical (unpaired) electrons. The van der Waals surface area contributed by atoms with E-state index in [1.165, 1.54) is 0 Å². The third-order valence-corrected chi connectivity index (χ3v) is 2.30. The van der Waals surface area contributed by atoms with Crippen molar-refractivity contribution in [3.63, 3.8) is 0 Å². The van der Waals surface area contributed by atoms with Crippen molar-refractivity contribution in [1.29, 1.82) is 0 Å². The number of carbonyl (C=O) groups is 1. The molecule has 94 valence electrons. The number of benzene rings is 1. The molecule has 1 aromatic rings. The molecular formula is C13H19NO3. The van der Waals surface area contributed by atoms with Crippen LogP contribution in [0.2, 0.25) is 0 Å². The zero-order valence-electron chi connectivity index (χ0n) is 10.4. The summed E-state index contributed by atoms with van der Waals surface area (Å²) in [5.41, 5.74) is -0.475. The molecule has 0 spiro atoms. The maximum absolute atomic E-state index is 11.5. The van der Waals surface area contributed by atoms with Gasteiger partial charge in [-0.05, 0) is 17.5 Å². The van der Waals surface area contributed by atoms with Crippen molar-refractivity contribution in [2.75, 3.05) is 6.73 Å². The van der Waals surface area contributed by atoms with Gasteiger partial charge in [0.05, 0.1) is 0 Å². The first-order chi connectivity index (χ1) is 7.91. The van der Waals surface area contributed by atoms with E-state index < -0.39 is 17.4 Å². The molecule has 0 aromatic heterocycles. The zero-order chi connectivity index (χ0) is 12.9. The average molecular weight is 237 g/mol. The van der Waals surface area contributed by atoms with E-state index >= 15 is 0 Å². The Morgan fingerprint density at radius 2 is 1.94 bits per heavy atom. The first-order valence-electron chi connectivity index (χ1n) is 5.55. The average Bonchev–Trinajstić information content (AvgIpc) is 2.28. The van der Waals surface area contributed by atoms with Crippen molar-refractivity contribution in [2.24, 2.45) is 5.41 Å². The van der Waals surface area contributed by atoms with Gasteiger partial charge in [-0.25, -0.2) is 0 Å². The third-order valence-electron chi connectivity index (χ3n) is 2.30. The van der Waals surface area contributed by atoms with Gasteiger partial charge >= 0.3 is 0 Å². The quantitative estimate of drug-likeness (QED) is 0.781. The first-order valence-corrected chi connectivity index (χ1v) is 5.55. The summed E-state index contributed by atoms with van der Waals surface area (Å²) >= 11 is 0. The summed E-state index contributed by atoms with van der Waals surface area (Å²) in [6, 6.07) is 9.18. The molecular weight excluding hydrogens is 218 g/mol. The maximum atomic E-state index is 11.5. The first kappa shape index (κ1) is 13.5. The molecule has 0 bridgehead atoms. The lowest BCUT2D eigenvalue weighted by Gasteiger charge is -2.24. The Labute approximate surface area is 102 Å². The lowest BCUT2D eigenvalue weighted by atomic mass is 9.89. The van der Waals surface area contributed by atoms with Crippen LogP contribution < -0.4 is 10.1 Å². The number of aliphatic hydroxyl groups is 1. The fraction of sp³-hybridized carbons (Fsp3) is 0.462. The van der Waals surface area contributed by atoms with Gasteiger partial charge in [0.2, 0.25) is 0 Å². The summed E-state index contributed by atoms with van der Waals surface area (Å²) in [4.78, 5) is 11.5. The summed E-state index contributed by atoms with van der Waals surface area (Å²) in [5.74, 6) is 0.256. The highest BCUT2D eigenvalue weighted by atomic mass is 16.5. The van der Waals surface area contributed by atoms with Crippen LogP contribution in [0.3, 0.4) is 0 Å². The predicted octanol–water partition coefficient (Wildman–Crippen LogP) is 1.55. The van der Waals surface area contributed by atoms with E-state index in [1.807, 2.05) is 18.2 Å². The van der Waals surface area contributed by atoms with Crippen molar-refractivity contribution >= 4 is 5.91 Å². The van der Waals surface area contributed by atoms with Gasteiger partial charge in [0.1, 0.15) is 11.9 Å². The number of ether oxygens (including phenoxy) is 1. The molecule has 0 heterocycles. The Hall–Kier alpha value is -1.55. The predicted molar refractivity (Wildman–Crippen MR) is 65.5 cm³/mol. The summed E-state index contributed by atoms with van der Waals surface area (Å²) < 4.78 is 5.30. The molecule has 1 rings (SSSR count). The molecule has 1 atom stereocenters. The number of amides is 1. The number of nitrogens with one attached hydrogen (secondary N) is 1. The van der Waals surface area contributed by atoms with E-state index in [0.717, 1.165) is 0 Å². The molecule has 0 aliphatic carbocycles. The fourth-order valence-electron chi connectivity index (χ4n) is 1.20. The molecule has 0 aliphatic heterocycles. The molecule has 0 aliphatic rings. The molecule has 0 saturated carbocycles. The fourth-order valence-corrected chi connectivity index (χ4v) is 1.20. The number of carbonyl (C=O) groups excluding carboxylic acids is 1. The lowest BCUT2D eigenvalue weighted by Crippen LogP contribution is -2.43. The monoisotopic (exact) mass is 237 g/mol. The molecule has 1 amide bonds.